The van der Waals surface area contributed by atoms with Gasteiger partial charge in [-0.3, -0.25) is 0 Å². The van der Waals surface area contributed by atoms with E-state index in [1.165, 1.54) is 0 Å². The first kappa shape index (κ1) is 19.3. The van der Waals surface area contributed by atoms with E-state index in [1.54, 1.807) is 0 Å². The summed E-state index contributed by atoms with van der Waals surface area (Å²) in [6.45, 7) is 0. The third-order valence-corrected chi connectivity index (χ3v) is 5.42. The molecule has 0 amide bonds. The van der Waals surface area contributed by atoms with Gasteiger partial charge in [0.15, 0.2) is 0 Å². The zero-order valence-corrected chi connectivity index (χ0v) is 17.4. The van der Waals surface area contributed by atoms with Crippen molar-refractivity contribution in [2.75, 3.05) is 11.5 Å². The van der Waals surface area contributed by atoms with Crippen LogP contribution in [-0.2, 0) is 0 Å². The number of hydrogen-bond acceptors (Lipinski definition) is 2. The first-order valence-corrected chi connectivity index (χ1v) is 10.4. The summed E-state index contributed by atoms with van der Waals surface area (Å²) in [6.07, 6.45) is 0. The summed E-state index contributed by atoms with van der Waals surface area (Å²) in [7, 11) is 0. The van der Waals surface area contributed by atoms with Crippen LogP contribution in [0.1, 0.15) is 22.3 Å². The highest BCUT2D eigenvalue weighted by atomic mass is 14.5. The van der Waals surface area contributed by atoms with Gasteiger partial charge in [-0.25, -0.2) is 0 Å². The molecule has 5 aromatic rings. The van der Waals surface area contributed by atoms with E-state index in [1.807, 2.05) is 72.8 Å². The Morgan fingerprint density at radius 1 is 0.375 bits per heavy atom. The van der Waals surface area contributed by atoms with E-state index in [4.69, 9.17) is 11.5 Å². The van der Waals surface area contributed by atoms with Gasteiger partial charge in [0.2, 0.25) is 0 Å². The van der Waals surface area contributed by atoms with Gasteiger partial charge in [-0.15, -0.1) is 0 Å². The minimum atomic E-state index is 0.732. The van der Waals surface area contributed by atoms with E-state index in [2.05, 4.69) is 47.9 Å². The summed E-state index contributed by atoms with van der Waals surface area (Å²) < 4.78 is 0. The highest BCUT2D eigenvalue weighted by Gasteiger charge is 2.11. The zero-order valence-electron chi connectivity index (χ0n) is 17.4. The van der Waals surface area contributed by atoms with E-state index < -0.39 is 0 Å². The molecule has 5 rings (SSSR count). The largest absolute Gasteiger partial charge is 0.399 e. The van der Waals surface area contributed by atoms with Crippen LogP contribution < -0.4 is 11.5 Å². The van der Waals surface area contributed by atoms with E-state index in [0.717, 1.165) is 55.2 Å². The summed E-state index contributed by atoms with van der Waals surface area (Å²) >= 11 is 0. The lowest BCUT2D eigenvalue weighted by Crippen LogP contribution is -1.90. The average Bonchev–Trinajstić information content (AvgIpc) is 2.83. The van der Waals surface area contributed by atoms with Crippen molar-refractivity contribution in [3.8, 4) is 23.7 Å². The molecule has 0 atom stereocenters. The van der Waals surface area contributed by atoms with Gasteiger partial charge >= 0.3 is 0 Å². The molecule has 0 spiro atoms. The molecule has 32 heavy (non-hydrogen) atoms. The predicted octanol–water partition coefficient (Wildman–Crippen LogP) is 5.96. The minimum absolute atomic E-state index is 0.732. The molecule has 5 aromatic carbocycles. The van der Waals surface area contributed by atoms with Crippen molar-refractivity contribution in [3.05, 3.63) is 119 Å². The second-order valence-electron chi connectivity index (χ2n) is 7.59. The first-order chi connectivity index (χ1) is 15.7. The van der Waals surface area contributed by atoms with Gasteiger partial charge in [0, 0.05) is 33.6 Å². The highest BCUT2D eigenvalue weighted by molar-refractivity contribution is 6.09. The summed E-state index contributed by atoms with van der Waals surface area (Å²) in [5, 5.41) is 4.37. The Bertz CT molecular complexity index is 1390. The predicted molar refractivity (Wildman–Crippen MR) is 135 cm³/mol. The third kappa shape index (κ3) is 3.74. The number of nitrogen functional groups attached to an aromatic ring is 2. The molecule has 0 fully saturated rings. The standard InChI is InChI=1S/C30H20N2/c31-23-15-9-21(10-16-23)13-19-29-25-5-1-2-6-26(25)30(28-8-4-3-7-27(28)29)20-14-22-11-17-24(32)18-12-22/h1-12,15-18H,31-32H2. The van der Waals surface area contributed by atoms with Crippen LogP contribution in [0.3, 0.4) is 0 Å². The van der Waals surface area contributed by atoms with E-state index in [-0.39, 0.29) is 0 Å². The second kappa shape index (κ2) is 8.23. The maximum atomic E-state index is 5.81. The van der Waals surface area contributed by atoms with Gasteiger partial charge in [0.05, 0.1) is 0 Å². The van der Waals surface area contributed by atoms with Crippen molar-refractivity contribution in [2.45, 2.75) is 0 Å². The molecule has 0 aliphatic heterocycles. The monoisotopic (exact) mass is 408 g/mol. The molecular formula is C30H20N2. The Kier molecular flexibility index (Phi) is 4.97. The summed E-state index contributed by atoms with van der Waals surface area (Å²) in [5.74, 6) is 13.4. The van der Waals surface area contributed by atoms with Crippen LogP contribution in [0.2, 0.25) is 0 Å². The Morgan fingerprint density at radius 2 is 0.688 bits per heavy atom. The summed E-state index contributed by atoms with van der Waals surface area (Å²) in [4.78, 5) is 0. The smallest absolute Gasteiger partial charge is 0.0406 e. The Balaban J connectivity index is 1.75. The highest BCUT2D eigenvalue weighted by Crippen LogP contribution is 2.32. The molecule has 0 heterocycles. The number of benzene rings is 5. The normalized spacial score (nSPS) is 10.2. The van der Waals surface area contributed by atoms with Crippen LogP contribution in [0.25, 0.3) is 21.5 Å². The van der Waals surface area contributed by atoms with Crippen molar-refractivity contribution in [1.82, 2.24) is 0 Å². The van der Waals surface area contributed by atoms with Crippen LogP contribution in [0, 0.1) is 23.7 Å². The molecule has 0 saturated carbocycles. The molecule has 0 aliphatic rings. The van der Waals surface area contributed by atoms with Crippen molar-refractivity contribution in [1.29, 1.82) is 0 Å². The average molecular weight is 409 g/mol. The van der Waals surface area contributed by atoms with E-state index in [9.17, 15) is 0 Å². The first-order valence-electron chi connectivity index (χ1n) is 10.4. The second-order valence-corrected chi connectivity index (χ2v) is 7.59. The van der Waals surface area contributed by atoms with Crippen molar-refractivity contribution in [2.24, 2.45) is 0 Å². The van der Waals surface area contributed by atoms with Crippen LogP contribution in [0.15, 0.2) is 97.1 Å². The molecule has 2 heteroatoms. The number of hydrogen-bond donors (Lipinski definition) is 2. The fourth-order valence-electron chi connectivity index (χ4n) is 3.80. The zero-order chi connectivity index (χ0) is 21.9. The van der Waals surface area contributed by atoms with Gasteiger partial charge in [-0.2, -0.15) is 0 Å². The lowest BCUT2D eigenvalue weighted by atomic mass is 9.92. The number of rotatable bonds is 0. The molecular weight excluding hydrogens is 388 g/mol. The van der Waals surface area contributed by atoms with Crippen molar-refractivity contribution < 1.29 is 0 Å². The molecule has 0 bridgehead atoms. The SMILES string of the molecule is Nc1ccc(C#Cc2c3ccccc3c(C#Cc3ccc(N)cc3)c3ccccc23)cc1. The Labute approximate surface area is 187 Å². The molecule has 4 N–H and O–H groups in total. The number of anilines is 2. The summed E-state index contributed by atoms with van der Waals surface area (Å²) in [6, 6.07) is 31.9. The Morgan fingerprint density at radius 3 is 1.00 bits per heavy atom. The van der Waals surface area contributed by atoms with E-state index >= 15 is 0 Å². The summed E-state index contributed by atoms with van der Waals surface area (Å²) in [5.41, 5.74) is 17.0. The fraction of sp³-hybridized carbons (Fsp3) is 0. The third-order valence-electron chi connectivity index (χ3n) is 5.42. The molecule has 0 unspecified atom stereocenters. The van der Waals surface area contributed by atoms with Crippen LogP contribution in [0.5, 0.6) is 0 Å². The maximum absolute atomic E-state index is 5.81. The van der Waals surface area contributed by atoms with Gasteiger partial charge in [-0.05, 0) is 70.1 Å². The molecule has 150 valence electrons. The fourth-order valence-corrected chi connectivity index (χ4v) is 3.80. The van der Waals surface area contributed by atoms with Crippen LogP contribution in [0.4, 0.5) is 11.4 Å². The number of nitrogens with two attached hydrogens (primary N) is 2. The van der Waals surface area contributed by atoms with Gasteiger partial charge < -0.3 is 11.5 Å². The lowest BCUT2D eigenvalue weighted by molar-refractivity contribution is 1.63. The molecule has 0 radical (unpaired) electrons. The Hall–Kier alpha value is -4.66. The topological polar surface area (TPSA) is 52.0 Å². The van der Waals surface area contributed by atoms with Gasteiger partial charge in [-0.1, -0.05) is 72.2 Å². The maximum Gasteiger partial charge on any atom is 0.0406 e. The van der Waals surface area contributed by atoms with Gasteiger partial charge in [0.25, 0.3) is 0 Å². The quantitative estimate of drug-likeness (QED) is 0.189. The van der Waals surface area contributed by atoms with Crippen molar-refractivity contribution in [3.63, 3.8) is 0 Å². The van der Waals surface area contributed by atoms with Gasteiger partial charge in [0.1, 0.15) is 0 Å². The molecule has 0 aliphatic carbocycles. The van der Waals surface area contributed by atoms with Crippen LogP contribution >= 0.6 is 0 Å². The number of fused-ring (bicyclic) bond motifs is 2. The molecule has 0 saturated heterocycles. The van der Waals surface area contributed by atoms with Crippen molar-refractivity contribution >= 4 is 32.9 Å². The van der Waals surface area contributed by atoms with E-state index in [0.29, 0.717) is 0 Å². The molecule has 0 aromatic heterocycles. The van der Waals surface area contributed by atoms with Crippen LogP contribution in [-0.4, -0.2) is 0 Å². The lowest BCUT2D eigenvalue weighted by Gasteiger charge is -2.10. The molecule has 2 nitrogen and oxygen atoms in total. The minimum Gasteiger partial charge on any atom is -0.399 e.